The smallest absolute Gasteiger partial charge is 0.264 e. The van der Waals surface area contributed by atoms with Gasteiger partial charge in [-0.3, -0.25) is 13.9 Å². The molecule has 2 unspecified atom stereocenters. The highest BCUT2D eigenvalue weighted by Gasteiger charge is 2.32. The Hall–Kier alpha value is -3.85. The van der Waals surface area contributed by atoms with E-state index in [4.69, 9.17) is 4.74 Å². The summed E-state index contributed by atoms with van der Waals surface area (Å²) in [5.74, 6) is -0.241. The second kappa shape index (κ2) is 14.0. The van der Waals surface area contributed by atoms with Gasteiger partial charge in [-0.15, -0.1) is 0 Å². The minimum Gasteiger partial charge on any atom is -0.494 e. The highest BCUT2D eigenvalue weighted by molar-refractivity contribution is 7.92. The molecule has 0 fully saturated rings. The van der Waals surface area contributed by atoms with E-state index < -0.39 is 28.5 Å². The summed E-state index contributed by atoms with van der Waals surface area (Å²) in [7, 11) is -4.14. The Bertz CT molecular complexity index is 1360. The summed E-state index contributed by atoms with van der Waals surface area (Å²) >= 11 is 0. The second-order valence-electron chi connectivity index (χ2n) is 9.75. The van der Waals surface area contributed by atoms with Crippen molar-refractivity contribution < 1.29 is 22.7 Å². The molecule has 0 spiro atoms. The van der Waals surface area contributed by atoms with E-state index in [1.54, 1.807) is 43.3 Å². The van der Waals surface area contributed by atoms with Crippen molar-refractivity contribution in [3.63, 3.8) is 0 Å². The van der Waals surface area contributed by atoms with E-state index in [0.29, 0.717) is 18.0 Å². The molecule has 0 saturated heterocycles. The Balaban J connectivity index is 2.00. The zero-order valence-corrected chi connectivity index (χ0v) is 24.6. The molecule has 0 bridgehead atoms. The standard InChI is InChI=1S/C31H39N3O5S/c1-6-24(4)32-31(36)25(5)33(21-26-11-9-8-10-12-26)30(35)22-34(27-15-13-23(3)14-16-27)40(37,38)29-19-17-28(18-20-29)39-7-2/h8-20,24-25H,6-7,21-22H2,1-5H3,(H,32,36). The summed E-state index contributed by atoms with van der Waals surface area (Å²) < 4.78 is 34.4. The van der Waals surface area contributed by atoms with Gasteiger partial charge in [0.25, 0.3) is 10.0 Å². The number of amides is 2. The Morgan fingerprint density at radius 1 is 0.900 bits per heavy atom. The number of benzene rings is 3. The fourth-order valence-electron chi connectivity index (χ4n) is 4.07. The monoisotopic (exact) mass is 565 g/mol. The first-order valence-electron chi connectivity index (χ1n) is 13.5. The molecule has 0 aliphatic heterocycles. The number of nitrogens with one attached hydrogen (secondary N) is 1. The molecule has 9 heteroatoms. The molecule has 3 aromatic rings. The third-order valence-corrected chi connectivity index (χ3v) is 8.48. The Morgan fingerprint density at radius 3 is 2.10 bits per heavy atom. The number of anilines is 1. The van der Waals surface area contributed by atoms with E-state index in [1.165, 1.54) is 17.0 Å². The summed E-state index contributed by atoms with van der Waals surface area (Å²) in [6.45, 7) is 9.41. The lowest BCUT2D eigenvalue weighted by Crippen LogP contribution is -2.52. The van der Waals surface area contributed by atoms with Crippen LogP contribution in [0.2, 0.25) is 0 Å². The maximum Gasteiger partial charge on any atom is 0.264 e. The average Bonchev–Trinajstić information content (AvgIpc) is 2.95. The molecule has 0 saturated carbocycles. The molecule has 2 amide bonds. The number of aryl methyl sites for hydroxylation is 1. The van der Waals surface area contributed by atoms with Crippen LogP contribution in [-0.2, 0) is 26.2 Å². The summed E-state index contributed by atoms with van der Waals surface area (Å²) in [6, 6.07) is 21.5. The van der Waals surface area contributed by atoms with Gasteiger partial charge in [0.15, 0.2) is 0 Å². The van der Waals surface area contributed by atoms with Gasteiger partial charge >= 0.3 is 0 Å². The molecular formula is C31H39N3O5S. The fourth-order valence-corrected chi connectivity index (χ4v) is 5.48. The van der Waals surface area contributed by atoms with Crippen molar-refractivity contribution in [1.29, 1.82) is 0 Å². The first-order valence-corrected chi connectivity index (χ1v) is 15.0. The van der Waals surface area contributed by atoms with Gasteiger partial charge in [-0.1, -0.05) is 55.0 Å². The SMILES string of the molecule is CCOc1ccc(S(=O)(=O)N(CC(=O)N(Cc2ccccc2)C(C)C(=O)NC(C)CC)c2ccc(C)cc2)cc1. The fraction of sp³-hybridized carbons (Fsp3) is 0.355. The van der Waals surface area contributed by atoms with E-state index in [0.717, 1.165) is 21.9 Å². The van der Waals surface area contributed by atoms with E-state index in [9.17, 15) is 18.0 Å². The van der Waals surface area contributed by atoms with Crippen LogP contribution in [0, 0.1) is 6.92 Å². The molecule has 8 nitrogen and oxygen atoms in total. The van der Waals surface area contributed by atoms with Crippen molar-refractivity contribution in [3.05, 3.63) is 90.0 Å². The predicted octanol–water partition coefficient (Wildman–Crippen LogP) is 4.92. The maximum absolute atomic E-state index is 13.9. The van der Waals surface area contributed by atoms with Crippen LogP contribution < -0.4 is 14.4 Å². The van der Waals surface area contributed by atoms with Crippen molar-refractivity contribution in [1.82, 2.24) is 10.2 Å². The van der Waals surface area contributed by atoms with Gasteiger partial charge < -0.3 is 15.0 Å². The van der Waals surface area contributed by atoms with Gasteiger partial charge in [-0.25, -0.2) is 8.42 Å². The van der Waals surface area contributed by atoms with Crippen molar-refractivity contribution in [3.8, 4) is 5.75 Å². The van der Waals surface area contributed by atoms with Gasteiger partial charge in [0.2, 0.25) is 11.8 Å². The van der Waals surface area contributed by atoms with Gasteiger partial charge in [-0.2, -0.15) is 0 Å². The van der Waals surface area contributed by atoms with E-state index >= 15 is 0 Å². The second-order valence-corrected chi connectivity index (χ2v) is 11.6. The number of rotatable bonds is 13. The number of carbonyl (C=O) groups is 2. The molecule has 0 aliphatic carbocycles. The zero-order chi connectivity index (χ0) is 29.3. The number of hydrogen-bond acceptors (Lipinski definition) is 5. The summed E-state index contributed by atoms with van der Waals surface area (Å²) in [6.07, 6.45) is 0.743. The molecule has 0 heterocycles. The largest absolute Gasteiger partial charge is 0.494 e. The molecule has 0 radical (unpaired) electrons. The summed E-state index contributed by atoms with van der Waals surface area (Å²) in [4.78, 5) is 28.5. The van der Waals surface area contributed by atoms with Crippen LogP contribution >= 0.6 is 0 Å². The first-order chi connectivity index (χ1) is 19.1. The third-order valence-electron chi connectivity index (χ3n) is 6.69. The summed E-state index contributed by atoms with van der Waals surface area (Å²) in [5, 5.41) is 2.94. The van der Waals surface area contributed by atoms with E-state index in [2.05, 4.69) is 5.32 Å². The van der Waals surface area contributed by atoms with Crippen molar-refractivity contribution in [2.75, 3.05) is 17.5 Å². The summed E-state index contributed by atoms with van der Waals surface area (Å²) in [5.41, 5.74) is 2.13. The van der Waals surface area contributed by atoms with Crippen molar-refractivity contribution in [2.45, 2.75) is 64.6 Å². The number of carbonyl (C=O) groups excluding carboxylic acids is 2. The Labute approximate surface area is 238 Å². The molecule has 3 aromatic carbocycles. The quantitative estimate of drug-likeness (QED) is 0.317. The lowest BCUT2D eigenvalue weighted by Gasteiger charge is -2.32. The van der Waals surface area contributed by atoms with Crippen LogP contribution in [0.1, 0.15) is 45.2 Å². The van der Waals surface area contributed by atoms with Crippen LogP contribution in [-0.4, -0.2) is 50.4 Å². The van der Waals surface area contributed by atoms with Gasteiger partial charge in [0.05, 0.1) is 17.2 Å². The number of nitrogens with zero attached hydrogens (tertiary/aromatic N) is 2. The van der Waals surface area contributed by atoms with E-state index in [-0.39, 0.29) is 23.4 Å². The highest BCUT2D eigenvalue weighted by atomic mass is 32.2. The molecule has 0 aromatic heterocycles. The minimum atomic E-state index is -4.14. The third kappa shape index (κ3) is 7.85. The van der Waals surface area contributed by atoms with Crippen LogP contribution in [0.15, 0.2) is 83.8 Å². The molecule has 2 atom stereocenters. The van der Waals surface area contributed by atoms with Crippen molar-refractivity contribution >= 4 is 27.5 Å². The van der Waals surface area contributed by atoms with Crippen LogP contribution in [0.25, 0.3) is 0 Å². The Kier molecular flexibility index (Phi) is 10.7. The first kappa shape index (κ1) is 30.7. The topological polar surface area (TPSA) is 96.0 Å². The number of ether oxygens (including phenoxy) is 1. The predicted molar refractivity (Wildman–Crippen MR) is 158 cm³/mol. The normalized spacial score (nSPS) is 12.7. The molecule has 0 aliphatic rings. The average molecular weight is 566 g/mol. The van der Waals surface area contributed by atoms with Crippen LogP contribution in [0.4, 0.5) is 5.69 Å². The van der Waals surface area contributed by atoms with Gasteiger partial charge in [0.1, 0.15) is 18.3 Å². The van der Waals surface area contributed by atoms with Crippen LogP contribution in [0.3, 0.4) is 0 Å². The number of hydrogen-bond donors (Lipinski definition) is 1. The molecule has 40 heavy (non-hydrogen) atoms. The molecule has 1 N–H and O–H groups in total. The van der Waals surface area contributed by atoms with E-state index in [1.807, 2.05) is 58.0 Å². The van der Waals surface area contributed by atoms with Gasteiger partial charge in [-0.05, 0) is 76.1 Å². The van der Waals surface area contributed by atoms with Crippen LogP contribution in [0.5, 0.6) is 5.75 Å². The van der Waals surface area contributed by atoms with Gasteiger partial charge in [0, 0.05) is 12.6 Å². The molecule has 214 valence electrons. The maximum atomic E-state index is 13.9. The lowest BCUT2D eigenvalue weighted by molar-refractivity contribution is -0.139. The molecular weight excluding hydrogens is 526 g/mol. The lowest BCUT2D eigenvalue weighted by atomic mass is 10.1. The zero-order valence-electron chi connectivity index (χ0n) is 23.8. The minimum absolute atomic E-state index is 0.0292. The Morgan fingerprint density at radius 2 is 1.52 bits per heavy atom. The van der Waals surface area contributed by atoms with Crippen molar-refractivity contribution in [2.24, 2.45) is 0 Å². The highest BCUT2D eigenvalue weighted by Crippen LogP contribution is 2.26. The molecule has 3 rings (SSSR count). The number of sulfonamides is 1.